The largest absolute Gasteiger partial charge is 0.514 e. The van der Waals surface area contributed by atoms with E-state index in [1.54, 1.807) is 12.1 Å². The van der Waals surface area contributed by atoms with E-state index >= 15 is 0 Å². The number of ether oxygens (including phenoxy) is 3. The molecule has 0 aromatic heterocycles. The fourth-order valence-electron chi connectivity index (χ4n) is 1.37. The first kappa shape index (κ1) is 16.3. The molecule has 0 radical (unpaired) electrons. The van der Waals surface area contributed by atoms with Crippen LogP contribution in [0.2, 0.25) is 0 Å². The van der Waals surface area contributed by atoms with Crippen LogP contribution in [0.4, 0.5) is 4.79 Å². The molecule has 1 unspecified atom stereocenters. The number of aliphatic hydroxyl groups is 1. The van der Waals surface area contributed by atoms with Gasteiger partial charge >= 0.3 is 6.16 Å². The Morgan fingerprint density at radius 1 is 1.35 bits per heavy atom. The second-order valence-corrected chi connectivity index (χ2v) is 4.16. The van der Waals surface area contributed by atoms with Crippen molar-refractivity contribution in [1.82, 2.24) is 0 Å². The van der Waals surface area contributed by atoms with Gasteiger partial charge in [-0.2, -0.15) is 0 Å². The number of aromatic hydroxyl groups is 1. The fourth-order valence-corrected chi connectivity index (χ4v) is 1.37. The number of phenols is 1. The Morgan fingerprint density at radius 2 is 2.10 bits per heavy atom. The number of hydrogen-bond acceptors (Lipinski definition) is 6. The molecule has 0 amide bonds. The highest BCUT2D eigenvalue weighted by molar-refractivity contribution is 5.65. The molecule has 0 spiro atoms. The maximum absolute atomic E-state index is 11.4. The third kappa shape index (κ3) is 5.90. The van der Waals surface area contributed by atoms with Crippen LogP contribution in [-0.2, 0) is 9.47 Å². The normalized spacial score (nSPS) is 11.9. The summed E-state index contributed by atoms with van der Waals surface area (Å²) < 4.78 is 15.0. The van der Waals surface area contributed by atoms with E-state index < -0.39 is 12.3 Å². The average Bonchev–Trinajstić information content (AvgIpc) is 2.45. The van der Waals surface area contributed by atoms with E-state index in [1.807, 2.05) is 6.92 Å². The molecule has 2 N–H and O–H groups in total. The molecule has 0 heterocycles. The van der Waals surface area contributed by atoms with E-state index in [0.717, 1.165) is 12.8 Å². The lowest BCUT2D eigenvalue weighted by atomic mass is 10.3. The number of rotatable bonds is 8. The molecule has 0 fully saturated rings. The first-order valence-corrected chi connectivity index (χ1v) is 6.52. The summed E-state index contributed by atoms with van der Waals surface area (Å²) in [6, 6.07) is 6.06. The zero-order valence-electron chi connectivity index (χ0n) is 11.4. The standard InChI is InChI=1S/C14H20O6/c1-2-3-8-18-11(9-15)10-19-14(17)20-13-7-5-4-6-12(13)16/h4-7,11,15-16H,2-3,8-10H2,1H3. The summed E-state index contributed by atoms with van der Waals surface area (Å²) in [5.74, 6) is -0.132. The fraction of sp³-hybridized carbons (Fsp3) is 0.500. The Morgan fingerprint density at radius 3 is 2.75 bits per heavy atom. The summed E-state index contributed by atoms with van der Waals surface area (Å²) in [4.78, 5) is 11.4. The summed E-state index contributed by atoms with van der Waals surface area (Å²) in [5.41, 5.74) is 0. The number of benzene rings is 1. The van der Waals surface area contributed by atoms with Gasteiger partial charge in [-0.05, 0) is 18.6 Å². The van der Waals surface area contributed by atoms with Crippen LogP contribution < -0.4 is 4.74 Å². The second kappa shape index (κ2) is 9.17. The molecule has 1 atom stereocenters. The molecule has 1 rings (SSSR count). The van der Waals surface area contributed by atoms with Crippen molar-refractivity contribution in [2.75, 3.05) is 19.8 Å². The SMILES string of the molecule is CCCCOC(CO)COC(=O)Oc1ccccc1O. The number of carbonyl (C=O) groups is 1. The zero-order chi connectivity index (χ0) is 14.8. The number of unbranched alkanes of at least 4 members (excludes halogenated alkanes) is 1. The molecule has 1 aromatic rings. The van der Waals surface area contributed by atoms with E-state index in [9.17, 15) is 9.90 Å². The Kier molecular flexibility index (Phi) is 7.46. The van der Waals surface area contributed by atoms with Gasteiger partial charge in [0.2, 0.25) is 0 Å². The van der Waals surface area contributed by atoms with Crippen molar-refractivity contribution in [2.24, 2.45) is 0 Å². The van der Waals surface area contributed by atoms with Crippen LogP contribution in [0.5, 0.6) is 11.5 Å². The van der Waals surface area contributed by atoms with Gasteiger partial charge in [0.1, 0.15) is 12.7 Å². The first-order valence-electron chi connectivity index (χ1n) is 6.52. The van der Waals surface area contributed by atoms with Crippen LogP contribution in [0.3, 0.4) is 0 Å². The predicted octanol–water partition coefficient (Wildman–Crippen LogP) is 2.09. The monoisotopic (exact) mass is 284 g/mol. The minimum Gasteiger partial charge on any atom is -0.504 e. The van der Waals surface area contributed by atoms with Crippen molar-refractivity contribution in [3.63, 3.8) is 0 Å². The van der Waals surface area contributed by atoms with Crippen molar-refractivity contribution < 1.29 is 29.2 Å². The zero-order valence-corrected chi connectivity index (χ0v) is 11.4. The molecular formula is C14H20O6. The van der Waals surface area contributed by atoms with Crippen LogP contribution in [-0.4, -0.2) is 42.3 Å². The van der Waals surface area contributed by atoms with E-state index in [2.05, 4.69) is 0 Å². The Labute approximate surface area is 117 Å². The molecular weight excluding hydrogens is 264 g/mol. The van der Waals surface area contributed by atoms with Crippen LogP contribution in [0.25, 0.3) is 0 Å². The third-order valence-electron chi connectivity index (χ3n) is 2.50. The Hall–Kier alpha value is -1.79. The highest BCUT2D eigenvalue weighted by atomic mass is 16.7. The molecule has 0 aliphatic rings. The number of carbonyl (C=O) groups excluding carboxylic acids is 1. The summed E-state index contributed by atoms with van der Waals surface area (Å²) >= 11 is 0. The van der Waals surface area contributed by atoms with Crippen molar-refractivity contribution in [3.8, 4) is 11.5 Å². The number of para-hydroxylation sites is 2. The second-order valence-electron chi connectivity index (χ2n) is 4.16. The molecule has 0 saturated carbocycles. The van der Waals surface area contributed by atoms with E-state index in [-0.39, 0.29) is 24.7 Å². The summed E-state index contributed by atoms with van der Waals surface area (Å²) in [7, 11) is 0. The molecule has 0 saturated heterocycles. The molecule has 1 aromatic carbocycles. The molecule has 0 aliphatic carbocycles. The molecule has 6 nitrogen and oxygen atoms in total. The van der Waals surface area contributed by atoms with Crippen LogP contribution >= 0.6 is 0 Å². The summed E-state index contributed by atoms with van der Waals surface area (Å²) in [5, 5.41) is 18.5. The minimum atomic E-state index is -0.955. The molecule has 0 aliphatic heterocycles. The van der Waals surface area contributed by atoms with Gasteiger partial charge in [0.25, 0.3) is 0 Å². The number of hydrogen-bond donors (Lipinski definition) is 2. The molecule has 6 heteroatoms. The minimum absolute atomic E-state index is 0.0185. The number of aliphatic hydroxyl groups excluding tert-OH is 1. The first-order chi connectivity index (χ1) is 9.67. The lowest BCUT2D eigenvalue weighted by Gasteiger charge is -2.15. The van der Waals surface area contributed by atoms with E-state index in [4.69, 9.17) is 19.3 Å². The van der Waals surface area contributed by atoms with Gasteiger partial charge in [0, 0.05) is 6.61 Å². The van der Waals surface area contributed by atoms with Gasteiger partial charge in [0.05, 0.1) is 6.61 Å². The Bertz CT molecular complexity index is 406. The van der Waals surface area contributed by atoms with Gasteiger partial charge < -0.3 is 24.4 Å². The Balaban J connectivity index is 2.33. The van der Waals surface area contributed by atoms with Gasteiger partial charge in [-0.1, -0.05) is 25.5 Å². The lowest BCUT2D eigenvalue weighted by Crippen LogP contribution is -2.27. The van der Waals surface area contributed by atoms with E-state index in [1.165, 1.54) is 12.1 Å². The topological polar surface area (TPSA) is 85.2 Å². The number of phenolic OH excluding ortho intramolecular Hbond substituents is 1. The maximum Gasteiger partial charge on any atom is 0.514 e. The van der Waals surface area contributed by atoms with Crippen molar-refractivity contribution >= 4 is 6.16 Å². The lowest BCUT2D eigenvalue weighted by molar-refractivity contribution is -0.0320. The summed E-state index contributed by atoms with van der Waals surface area (Å²) in [6.07, 6.45) is 0.329. The smallest absolute Gasteiger partial charge is 0.504 e. The summed E-state index contributed by atoms with van der Waals surface area (Å²) in [6.45, 7) is 2.18. The van der Waals surface area contributed by atoms with Crippen molar-refractivity contribution in [3.05, 3.63) is 24.3 Å². The predicted molar refractivity (Wildman–Crippen MR) is 71.8 cm³/mol. The van der Waals surface area contributed by atoms with Crippen LogP contribution in [0, 0.1) is 0 Å². The average molecular weight is 284 g/mol. The van der Waals surface area contributed by atoms with Gasteiger partial charge in [-0.15, -0.1) is 0 Å². The van der Waals surface area contributed by atoms with Gasteiger partial charge in [-0.3, -0.25) is 0 Å². The van der Waals surface area contributed by atoms with Crippen LogP contribution in [0.1, 0.15) is 19.8 Å². The quantitative estimate of drug-likeness (QED) is 0.432. The van der Waals surface area contributed by atoms with Gasteiger partial charge in [0.15, 0.2) is 11.5 Å². The van der Waals surface area contributed by atoms with Gasteiger partial charge in [-0.25, -0.2) is 4.79 Å². The molecule has 20 heavy (non-hydrogen) atoms. The highest BCUT2D eigenvalue weighted by Crippen LogP contribution is 2.24. The van der Waals surface area contributed by atoms with Crippen LogP contribution in [0.15, 0.2) is 24.3 Å². The maximum atomic E-state index is 11.4. The van der Waals surface area contributed by atoms with E-state index in [0.29, 0.717) is 6.61 Å². The highest BCUT2D eigenvalue weighted by Gasteiger charge is 2.14. The van der Waals surface area contributed by atoms with Crippen molar-refractivity contribution in [1.29, 1.82) is 0 Å². The third-order valence-corrected chi connectivity index (χ3v) is 2.50. The molecule has 0 bridgehead atoms. The van der Waals surface area contributed by atoms with Crippen molar-refractivity contribution in [2.45, 2.75) is 25.9 Å². The molecule has 112 valence electrons.